The van der Waals surface area contributed by atoms with Gasteiger partial charge in [0.1, 0.15) is 5.75 Å². The van der Waals surface area contributed by atoms with Crippen molar-refractivity contribution in [1.82, 2.24) is 5.32 Å². The van der Waals surface area contributed by atoms with E-state index in [9.17, 15) is 4.79 Å². The van der Waals surface area contributed by atoms with Gasteiger partial charge < -0.3 is 14.8 Å². The lowest BCUT2D eigenvalue weighted by Crippen LogP contribution is -2.25. The molecule has 0 saturated carbocycles. The van der Waals surface area contributed by atoms with Crippen molar-refractivity contribution < 1.29 is 14.3 Å². The van der Waals surface area contributed by atoms with Crippen LogP contribution in [-0.2, 0) is 16.0 Å². The minimum atomic E-state index is -0.326. The van der Waals surface area contributed by atoms with Gasteiger partial charge >= 0.3 is 5.97 Å². The molecule has 1 aliphatic rings. The van der Waals surface area contributed by atoms with Gasteiger partial charge in [-0.3, -0.25) is 0 Å². The molecule has 1 N–H and O–H groups in total. The zero-order valence-corrected chi connectivity index (χ0v) is 12.3. The Labute approximate surface area is 120 Å². The summed E-state index contributed by atoms with van der Waals surface area (Å²) in [5.74, 6) is 0.412. The summed E-state index contributed by atoms with van der Waals surface area (Å²) >= 11 is 0. The fourth-order valence-corrected chi connectivity index (χ4v) is 2.67. The number of ether oxygens (including phenoxy) is 2. The summed E-state index contributed by atoms with van der Waals surface area (Å²) in [6.07, 6.45) is 3.49. The maximum Gasteiger partial charge on any atom is 0.344 e. The third kappa shape index (κ3) is 3.73. The minimum Gasteiger partial charge on any atom is -0.482 e. The molecule has 0 saturated heterocycles. The van der Waals surface area contributed by atoms with Gasteiger partial charge in [-0.05, 0) is 56.0 Å². The van der Waals surface area contributed by atoms with Gasteiger partial charge in [-0.1, -0.05) is 13.0 Å². The van der Waals surface area contributed by atoms with Crippen molar-refractivity contribution in [3.8, 4) is 5.75 Å². The second-order valence-corrected chi connectivity index (χ2v) is 4.96. The Kier molecular flexibility index (Phi) is 5.41. The van der Waals surface area contributed by atoms with Crippen LogP contribution in [0.4, 0.5) is 0 Å². The highest BCUT2D eigenvalue weighted by molar-refractivity contribution is 5.71. The molecule has 4 nitrogen and oxygen atoms in total. The van der Waals surface area contributed by atoms with Crippen LogP contribution in [0.25, 0.3) is 0 Å². The highest BCUT2D eigenvalue weighted by atomic mass is 16.6. The maximum atomic E-state index is 11.3. The van der Waals surface area contributed by atoms with E-state index in [0.717, 1.165) is 25.1 Å². The number of aryl methyl sites for hydroxylation is 1. The van der Waals surface area contributed by atoms with E-state index in [1.54, 1.807) is 6.92 Å². The standard InChI is InChI=1S/C16H23NO3/c1-3-17-15-7-5-6-12-8-9-13(10-14(12)15)20-11-16(18)19-4-2/h8-10,15,17H,3-7,11H2,1-2H3. The fraction of sp³-hybridized carbons (Fsp3) is 0.562. The lowest BCUT2D eigenvalue weighted by atomic mass is 9.87. The monoisotopic (exact) mass is 277 g/mol. The molecular weight excluding hydrogens is 254 g/mol. The van der Waals surface area contributed by atoms with E-state index in [1.807, 2.05) is 6.07 Å². The molecule has 0 bridgehead atoms. The number of carbonyl (C=O) groups excluding carboxylic acids is 1. The van der Waals surface area contributed by atoms with E-state index in [-0.39, 0.29) is 12.6 Å². The number of rotatable bonds is 6. The maximum absolute atomic E-state index is 11.3. The van der Waals surface area contributed by atoms with Crippen molar-refractivity contribution in [1.29, 1.82) is 0 Å². The Morgan fingerprint density at radius 2 is 2.25 bits per heavy atom. The highest BCUT2D eigenvalue weighted by Gasteiger charge is 2.20. The summed E-state index contributed by atoms with van der Waals surface area (Å²) in [5, 5.41) is 3.51. The number of fused-ring (bicyclic) bond motifs is 1. The Morgan fingerprint density at radius 1 is 1.40 bits per heavy atom. The predicted octanol–water partition coefficient (Wildman–Crippen LogP) is 2.62. The molecule has 1 unspecified atom stereocenters. The van der Waals surface area contributed by atoms with Gasteiger partial charge in [-0.2, -0.15) is 0 Å². The molecule has 4 heteroatoms. The van der Waals surface area contributed by atoms with Crippen LogP contribution < -0.4 is 10.1 Å². The SMILES string of the molecule is CCNC1CCCc2ccc(OCC(=O)OCC)cc21. The number of benzene rings is 1. The molecular formula is C16H23NO3. The Balaban J connectivity index is 2.05. The lowest BCUT2D eigenvalue weighted by Gasteiger charge is -2.26. The van der Waals surface area contributed by atoms with E-state index in [4.69, 9.17) is 9.47 Å². The van der Waals surface area contributed by atoms with Crippen LogP contribution in [0.5, 0.6) is 5.75 Å². The third-order valence-electron chi connectivity index (χ3n) is 3.54. The topological polar surface area (TPSA) is 47.6 Å². The second-order valence-electron chi connectivity index (χ2n) is 4.96. The van der Waals surface area contributed by atoms with Crippen molar-refractivity contribution in [3.63, 3.8) is 0 Å². The van der Waals surface area contributed by atoms with Crippen LogP contribution >= 0.6 is 0 Å². The van der Waals surface area contributed by atoms with Crippen LogP contribution in [0.2, 0.25) is 0 Å². The zero-order valence-electron chi connectivity index (χ0n) is 12.3. The lowest BCUT2D eigenvalue weighted by molar-refractivity contribution is -0.145. The van der Waals surface area contributed by atoms with E-state index >= 15 is 0 Å². The van der Waals surface area contributed by atoms with Gasteiger partial charge in [0.25, 0.3) is 0 Å². The molecule has 20 heavy (non-hydrogen) atoms. The van der Waals surface area contributed by atoms with Gasteiger partial charge in [-0.15, -0.1) is 0 Å². The Morgan fingerprint density at radius 3 is 3.00 bits per heavy atom. The van der Waals surface area contributed by atoms with Gasteiger partial charge in [0.15, 0.2) is 6.61 Å². The van der Waals surface area contributed by atoms with Crippen LogP contribution in [0.15, 0.2) is 18.2 Å². The summed E-state index contributed by atoms with van der Waals surface area (Å²) < 4.78 is 10.4. The normalized spacial score (nSPS) is 17.4. The summed E-state index contributed by atoms with van der Waals surface area (Å²) in [6, 6.07) is 6.50. The summed E-state index contributed by atoms with van der Waals surface area (Å²) in [6.45, 7) is 5.22. The first kappa shape index (κ1) is 14.9. The van der Waals surface area contributed by atoms with Crippen molar-refractivity contribution in [2.24, 2.45) is 0 Å². The first-order chi connectivity index (χ1) is 9.74. The number of esters is 1. The summed E-state index contributed by atoms with van der Waals surface area (Å²) in [5.41, 5.74) is 2.69. The first-order valence-corrected chi connectivity index (χ1v) is 7.39. The molecule has 0 heterocycles. The van der Waals surface area contributed by atoms with Crippen molar-refractivity contribution in [3.05, 3.63) is 29.3 Å². The molecule has 0 amide bonds. The molecule has 1 aliphatic carbocycles. The minimum absolute atomic E-state index is 0.0293. The van der Waals surface area contributed by atoms with Gasteiger partial charge in [0.2, 0.25) is 0 Å². The van der Waals surface area contributed by atoms with Crippen LogP contribution in [-0.4, -0.2) is 25.7 Å². The summed E-state index contributed by atoms with van der Waals surface area (Å²) in [7, 11) is 0. The quantitative estimate of drug-likeness (QED) is 0.812. The van der Waals surface area contributed by atoms with E-state index in [2.05, 4.69) is 24.4 Å². The molecule has 1 aromatic carbocycles. The summed E-state index contributed by atoms with van der Waals surface area (Å²) in [4.78, 5) is 11.3. The second kappa shape index (κ2) is 7.29. The zero-order chi connectivity index (χ0) is 14.4. The molecule has 0 fully saturated rings. The average molecular weight is 277 g/mol. The number of hydrogen-bond donors (Lipinski definition) is 1. The van der Waals surface area contributed by atoms with Crippen LogP contribution in [0, 0.1) is 0 Å². The average Bonchev–Trinajstić information content (AvgIpc) is 2.46. The van der Waals surface area contributed by atoms with Gasteiger partial charge in [0, 0.05) is 6.04 Å². The van der Waals surface area contributed by atoms with Gasteiger partial charge in [-0.25, -0.2) is 4.79 Å². The van der Waals surface area contributed by atoms with Crippen molar-refractivity contribution in [2.75, 3.05) is 19.8 Å². The molecule has 0 spiro atoms. The van der Waals surface area contributed by atoms with E-state index in [0.29, 0.717) is 12.6 Å². The van der Waals surface area contributed by atoms with Gasteiger partial charge in [0.05, 0.1) is 6.61 Å². The van der Waals surface area contributed by atoms with Crippen LogP contribution in [0.3, 0.4) is 0 Å². The molecule has 2 rings (SSSR count). The van der Waals surface area contributed by atoms with Crippen molar-refractivity contribution in [2.45, 2.75) is 39.2 Å². The Hall–Kier alpha value is -1.55. The molecule has 0 radical (unpaired) electrons. The van der Waals surface area contributed by atoms with E-state index < -0.39 is 0 Å². The number of carbonyl (C=O) groups is 1. The van der Waals surface area contributed by atoms with Crippen molar-refractivity contribution >= 4 is 5.97 Å². The Bertz CT molecular complexity index is 459. The molecule has 0 aliphatic heterocycles. The number of hydrogen-bond acceptors (Lipinski definition) is 4. The van der Waals surface area contributed by atoms with E-state index in [1.165, 1.54) is 17.5 Å². The fourth-order valence-electron chi connectivity index (χ4n) is 2.67. The first-order valence-electron chi connectivity index (χ1n) is 7.39. The molecule has 0 aromatic heterocycles. The van der Waals surface area contributed by atoms with Crippen LogP contribution in [0.1, 0.15) is 43.9 Å². The predicted molar refractivity (Wildman–Crippen MR) is 77.9 cm³/mol. The highest BCUT2D eigenvalue weighted by Crippen LogP contribution is 2.32. The molecule has 1 atom stereocenters. The molecule has 110 valence electrons. The molecule has 1 aromatic rings. The number of nitrogens with one attached hydrogen (secondary N) is 1. The largest absolute Gasteiger partial charge is 0.482 e. The smallest absolute Gasteiger partial charge is 0.344 e. The third-order valence-corrected chi connectivity index (χ3v) is 3.54.